The predicted molar refractivity (Wildman–Crippen MR) is 69.9 cm³/mol. The normalized spacial score (nSPS) is 15.8. The Bertz CT molecular complexity index is 506. The van der Waals surface area contributed by atoms with Gasteiger partial charge in [-0.15, -0.1) is 21.5 Å². The molecule has 0 saturated carbocycles. The van der Waals surface area contributed by atoms with Crippen LogP contribution in [0.3, 0.4) is 0 Å². The summed E-state index contributed by atoms with van der Waals surface area (Å²) < 4.78 is 0. The number of hydrogen-bond donors (Lipinski definition) is 2. The van der Waals surface area contributed by atoms with Gasteiger partial charge in [0.15, 0.2) is 0 Å². The summed E-state index contributed by atoms with van der Waals surface area (Å²) in [5, 5.41) is 11.9. The maximum absolute atomic E-state index is 5.29. The van der Waals surface area contributed by atoms with Gasteiger partial charge in [-0.05, 0) is 23.4 Å². The number of fused-ring (bicyclic) bond motifs is 1. The minimum absolute atomic E-state index is 0.674. The van der Waals surface area contributed by atoms with Crippen LogP contribution in [0, 0.1) is 0 Å². The molecule has 5 nitrogen and oxygen atoms in total. The summed E-state index contributed by atoms with van der Waals surface area (Å²) in [6.45, 7) is 2.97. The Hall–Kier alpha value is -1.02. The minimum atomic E-state index is 0.674. The fraction of sp³-hybridized carbons (Fsp3) is 0.400. The number of anilines is 1. The topological polar surface area (TPSA) is 67.1 Å². The zero-order valence-electron chi connectivity index (χ0n) is 9.22. The summed E-state index contributed by atoms with van der Waals surface area (Å²) in [5.41, 5.74) is 3.99. The Morgan fingerprint density at radius 1 is 1.47 bits per heavy atom. The van der Waals surface area contributed by atoms with E-state index < -0.39 is 0 Å². The van der Waals surface area contributed by atoms with Gasteiger partial charge in [0.25, 0.3) is 0 Å². The van der Waals surface area contributed by atoms with Crippen molar-refractivity contribution in [2.24, 2.45) is 5.84 Å². The standard InChI is InChI=1S/C10H13N5S2/c11-12-10-14-13-9(17-10)6-15-3-1-8-7(5-15)2-4-16-8/h2,4H,1,3,5-6,11H2,(H,12,14). The lowest BCUT2D eigenvalue weighted by Gasteiger charge is -2.25. The number of thiophene rings is 1. The average Bonchev–Trinajstić information content (AvgIpc) is 2.96. The Labute approximate surface area is 107 Å². The molecule has 7 heteroatoms. The SMILES string of the molecule is NNc1nnc(CN2CCc3sccc3C2)s1. The van der Waals surface area contributed by atoms with Crippen molar-refractivity contribution in [2.45, 2.75) is 19.5 Å². The zero-order chi connectivity index (χ0) is 11.7. The molecule has 0 atom stereocenters. The molecule has 0 aromatic carbocycles. The quantitative estimate of drug-likeness (QED) is 0.651. The molecule has 3 rings (SSSR count). The van der Waals surface area contributed by atoms with Gasteiger partial charge in [0.2, 0.25) is 5.13 Å². The summed E-state index contributed by atoms with van der Waals surface area (Å²) in [5.74, 6) is 5.29. The average molecular weight is 267 g/mol. The van der Waals surface area contributed by atoms with Gasteiger partial charge in [-0.3, -0.25) is 10.3 Å². The second kappa shape index (κ2) is 4.69. The summed E-state index contributed by atoms with van der Waals surface area (Å²) in [6.07, 6.45) is 1.15. The highest BCUT2D eigenvalue weighted by molar-refractivity contribution is 7.15. The smallest absolute Gasteiger partial charge is 0.219 e. The summed E-state index contributed by atoms with van der Waals surface area (Å²) in [7, 11) is 0. The number of nitrogen functional groups attached to an aromatic ring is 1. The van der Waals surface area contributed by atoms with Crippen LogP contribution in [-0.4, -0.2) is 21.6 Å². The van der Waals surface area contributed by atoms with E-state index in [1.54, 1.807) is 0 Å². The van der Waals surface area contributed by atoms with Crippen molar-refractivity contribution in [1.29, 1.82) is 0 Å². The Morgan fingerprint density at radius 3 is 3.24 bits per heavy atom. The highest BCUT2D eigenvalue weighted by Crippen LogP contribution is 2.25. The molecule has 0 spiro atoms. The number of hydrogen-bond acceptors (Lipinski definition) is 7. The van der Waals surface area contributed by atoms with E-state index in [4.69, 9.17) is 5.84 Å². The monoisotopic (exact) mass is 267 g/mol. The van der Waals surface area contributed by atoms with E-state index in [0.717, 1.165) is 31.1 Å². The van der Waals surface area contributed by atoms with E-state index in [0.29, 0.717) is 5.13 Å². The molecule has 0 unspecified atom stereocenters. The van der Waals surface area contributed by atoms with Crippen molar-refractivity contribution < 1.29 is 0 Å². The second-order valence-electron chi connectivity index (χ2n) is 3.97. The van der Waals surface area contributed by atoms with Crippen LogP contribution >= 0.6 is 22.7 Å². The molecule has 1 aliphatic heterocycles. The first-order valence-corrected chi connectivity index (χ1v) is 7.11. The van der Waals surface area contributed by atoms with Gasteiger partial charge in [-0.1, -0.05) is 11.3 Å². The van der Waals surface area contributed by atoms with Crippen LogP contribution in [0.4, 0.5) is 5.13 Å². The Kier molecular flexibility index (Phi) is 3.06. The molecule has 2 aromatic heterocycles. The van der Waals surface area contributed by atoms with Gasteiger partial charge in [-0.2, -0.15) is 0 Å². The fourth-order valence-corrected chi connectivity index (χ4v) is 3.59. The van der Waals surface area contributed by atoms with Crippen molar-refractivity contribution in [1.82, 2.24) is 15.1 Å². The predicted octanol–water partition coefficient (Wildman–Crippen LogP) is 1.44. The Balaban J connectivity index is 1.67. The van der Waals surface area contributed by atoms with Crippen molar-refractivity contribution >= 4 is 27.8 Å². The van der Waals surface area contributed by atoms with Gasteiger partial charge in [-0.25, -0.2) is 5.84 Å². The molecule has 0 fully saturated rings. The van der Waals surface area contributed by atoms with Crippen LogP contribution in [-0.2, 0) is 19.5 Å². The molecule has 90 valence electrons. The molecule has 0 radical (unpaired) electrons. The van der Waals surface area contributed by atoms with E-state index in [1.807, 2.05) is 11.3 Å². The van der Waals surface area contributed by atoms with Crippen LogP contribution in [0.1, 0.15) is 15.4 Å². The lowest BCUT2D eigenvalue weighted by Crippen LogP contribution is -2.29. The third-order valence-electron chi connectivity index (χ3n) is 2.84. The third-order valence-corrected chi connectivity index (χ3v) is 4.70. The molecule has 0 bridgehead atoms. The van der Waals surface area contributed by atoms with Gasteiger partial charge in [0.1, 0.15) is 5.01 Å². The van der Waals surface area contributed by atoms with E-state index in [2.05, 4.69) is 32.0 Å². The van der Waals surface area contributed by atoms with Crippen LogP contribution in [0.2, 0.25) is 0 Å². The summed E-state index contributed by atoms with van der Waals surface area (Å²) in [6, 6.07) is 2.22. The molecule has 0 amide bonds. The van der Waals surface area contributed by atoms with Crippen LogP contribution < -0.4 is 11.3 Å². The zero-order valence-corrected chi connectivity index (χ0v) is 10.9. The number of rotatable bonds is 3. The first kappa shape index (κ1) is 11.1. The first-order valence-electron chi connectivity index (χ1n) is 5.42. The van der Waals surface area contributed by atoms with Crippen LogP contribution in [0.5, 0.6) is 0 Å². The lowest BCUT2D eigenvalue weighted by atomic mass is 10.1. The lowest BCUT2D eigenvalue weighted by molar-refractivity contribution is 0.246. The number of hydrazine groups is 1. The highest BCUT2D eigenvalue weighted by Gasteiger charge is 2.18. The van der Waals surface area contributed by atoms with Crippen molar-refractivity contribution in [3.05, 3.63) is 26.9 Å². The third kappa shape index (κ3) is 2.32. The minimum Gasteiger partial charge on any atom is -0.298 e. The summed E-state index contributed by atoms with van der Waals surface area (Å²) in [4.78, 5) is 3.93. The van der Waals surface area contributed by atoms with Gasteiger partial charge >= 0.3 is 0 Å². The summed E-state index contributed by atoms with van der Waals surface area (Å²) >= 11 is 3.38. The molecular weight excluding hydrogens is 254 g/mol. The fourth-order valence-electron chi connectivity index (χ4n) is 2.01. The van der Waals surface area contributed by atoms with E-state index in [-0.39, 0.29) is 0 Å². The van der Waals surface area contributed by atoms with Gasteiger partial charge in [0, 0.05) is 18.0 Å². The molecule has 0 aliphatic carbocycles. The Morgan fingerprint density at radius 2 is 2.41 bits per heavy atom. The molecule has 3 N–H and O–H groups in total. The number of nitrogens with one attached hydrogen (secondary N) is 1. The van der Waals surface area contributed by atoms with E-state index in [1.165, 1.54) is 21.8 Å². The number of nitrogens with two attached hydrogens (primary N) is 1. The maximum atomic E-state index is 5.29. The van der Waals surface area contributed by atoms with Gasteiger partial charge < -0.3 is 0 Å². The van der Waals surface area contributed by atoms with E-state index >= 15 is 0 Å². The molecule has 17 heavy (non-hydrogen) atoms. The first-order chi connectivity index (χ1) is 8.35. The highest BCUT2D eigenvalue weighted by atomic mass is 32.1. The molecule has 0 saturated heterocycles. The largest absolute Gasteiger partial charge is 0.298 e. The second-order valence-corrected chi connectivity index (χ2v) is 6.04. The van der Waals surface area contributed by atoms with Crippen molar-refractivity contribution in [3.63, 3.8) is 0 Å². The number of nitrogens with zero attached hydrogens (tertiary/aromatic N) is 3. The van der Waals surface area contributed by atoms with E-state index in [9.17, 15) is 0 Å². The maximum Gasteiger partial charge on any atom is 0.219 e. The molecule has 2 aromatic rings. The number of aromatic nitrogens is 2. The van der Waals surface area contributed by atoms with Gasteiger partial charge in [0.05, 0.1) is 6.54 Å². The van der Waals surface area contributed by atoms with Crippen molar-refractivity contribution in [3.8, 4) is 0 Å². The molecule has 1 aliphatic rings. The van der Waals surface area contributed by atoms with Crippen molar-refractivity contribution in [2.75, 3.05) is 12.0 Å². The molecular formula is C10H13N5S2. The molecule has 3 heterocycles. The van der Waals surface area contributed by atoms with Crippen LogP contribution in [0.25, 0.3) is 0 Å². The van der Waals surface area contributed by atoms with Crippen LogP contribution in [0.15, 0.2) is 11.4 Å².